The first kappa shape index (κ1) is 18.7. The molecule has 1 unspecified atom stereocenters. The lowest BCUT2D eigenvalue weighted by atomic mass is 9.85. The fourth-order valence-corrected chi connectivity index (χ4v) is 2.65. The fraction of sp³-hybridized carbons (Fsp3) is 0.353. The van der Waals surface area contributed by atoms with E-state index in [2.05, 4.69) is 20.0 Å². The van der Waals surface area contributed by atoms with E-state index in [-0.39, 0.29) is 11.4 Å². The van der Waals surface area contributed by atoms with Crippen molar-refractivity contribution in [3.8, 4) is 0 Å². The average molecular weight is 382 g/mol. The number of amides is 1. The number of rotatable bonds is 4. The van der Waals surface area contributed by atoms with Crippen LogP contribution in [0.3, 0.4) is 0 Å². The maximum atomic E-state index is 14.4. The highest BCUT2D eigenvalue weighted by Gasteiger charge is 2.56. The Hall–Kier alpha value is -3.04. The summed E-state index contributed by atoms with van der Waals surface area (Å²) in [6.07, 6.45) is 1.68. The first-order chi connectivity index (χ1) is 12.7. The van der Waals surface area contributed by atoms with Crippen LogP contribution in [-0.4, -0.2) is 29.4 Å². The maximum Gasteiger partial charge on any atom is 0.310 e. The number of anilines is 1. The van der Waals surface area contributed by atoms with E-state index < -0.39 is 41.4 Å². The molecule has 144 valence electrons. The molecule has 3 N–H and O–H groups in total. The van der Waals surface area contributed by atoms with Gasteiger partial charge in [-0.05, 0) is 25.1 Å². The van der Waals surface area contributed by atoms with Crippen molar-refractivity contribution in [1.82, 2.24) is 4.98 Å². The third kappa shape index (κ3) is 3.34. The number of halogens is 3. The molecule has 0 bridgehead atoms. The Bertz CT molecular complexity index is 913. The molecule has 2 aromatic rings. The molecular formula is C17H17F3N4O3. The summed E-state index contributed by atoms with van der Waals surface area (Å²) in [4.78, 5) is 19.8. The predicted octanol–water partition coefficient (Wildman–Crippen LogP) is 2.82. The largest absolute Gasteiger partial charge is 0.459 e. The lowest BCUT2D eigenvalue weighted by Crippen LogP contribution is -2.51. The van der Waals surface area contributed by atoms with E-state index >= 15 is 0 Å². The monoisotopic (exact) mass is 382 g/mol. The van der Waals surface area contributed by atoms with E-state index in [0.29, 0.717) is 12.3 Å². The van der Waals surface area contributed by atoms with Gasteiger partial charge in [0.25, 0.3) is 11.9 Å². The van der Waals surface area contributed by atoms with E-state index in [9.17, 15) is 18.0 Å². The average Bonchev–Trinajstić information content (AvgIpc) is 3.10. The number of aliphatic imine (C=N–C) groups is 1. The molecule has 1 aliphatic rings. The van der Waals surface area contributed by atoms with Crippen LogP contribution in [0.25, 0.3) is 0 Å². The quantitative estimate of drug-likeness (QED) is 0.847. The minimum Gasteiger partial charge on any atom is -0.459 e. The maximum absolute atomic E-state index is 14.4. The van der Waals surface area contributed by atoms with E-state index in [1.54, 1.807) is 6.92 Å². The van der Waals surface area contributed by atoms with Gasteiger partial charge in [0.2, 0.25) is 0 Å². The van der Waals surface area contributed by atoms with Gasteiger partial charge in [-0.2, -0.15) is 8.78 Å². The van der Waals surface area contributed by atoms with E-state index in [1.807, 2.05) is 0 Å². The third-order valence-corrected chi connectivity index (χ3v) is 4.28. The number of nitrogens with two attached hydrogens (primary N) is 1. The number of alkyl halides is 2. The van der Waals surface area contributed by atoms with Crippen LogP contribution in [0.1, 0.15) is 35.8 Å². The Morgan fingerprint density at radius 1 is 1.41 bits per heavy atom. The Morgan fingerprint density at radius 3 is 2.81 bits per heavy atom. The summed E-state index contributed by atoms with van der Waals surface area (Å²) in [5.74, 6) is -4.67. The molecule has 0 aliphatic carbocycles. The first-order valence-corrected chi connectivity index (χ1v) is 8.08. The van der Waals surface area contributed by atoms with Gasteiger partial charge in [0.05, 0.1) is 0 Å². The van der Waals surface area contributed by atoms with Crippen LogP contribution in [0.2, 0.25) is 0 Å². The molecule has 3 rings (SSSR count). The van der Waals surface area contributed by atoms with E-state index in [1.165, 1.54) is 12.3 Å². The number of hydrogen-bond donors (Lipinski definition) is 2. The standard InChI is InChI=1S/C17H17F3N4O3/c1-3-13-23-12(7-26-13)14(25)22-9-4-5-11(18)10(6-9)16(2)17(19,20)8-27-15(21)24-16/h4-7H,3,8H2,1-2H3,(H2,21,24)(H,22,25). The van der Waals surface area contributed by atoms with Gasteiger partial charge in [-0.15, -0.1) is 0 Å². The molecule has 0 saturated heterocycles. The van der Waals surface area contributed by atoms with Crippen LogP contribution in [0, 0.1) is 5.82 Å². The molecule has 10 heteroatoms. The summed E-state index contributed by atoms with van der Waals surface area (Å²) in [5, 5.41) is 2.47. The molecule has 27 heavy (non-hydrogen) atoms. The molecule has 1 aliphatic heterocycles. The van der Waals surface area contributed by atoms with Crippen LogP contribution in [0.15, 0.2) is 33.9 Å². The minimum absolute atomic E-state index is 0.0163. The van der Waals surface area contributed by atoms with Crippen LogP contribution in [0.4, 0.5) is 18.9 Å². The van der Waals surface area contributed by atoms with Crippen molar-refractivity contribution in [2.45, 2.75) is 31.7 Å². The van der Waals surface area contributed by atoms with Gasteiger partial charge < -0.3 is 20.2 Å². The molecule has 1 aromatic carbocycles. The summed E-state index contributed by atoms with van der Waals surface area (Å²) >= 11 is 0. The van der Waals surface area contributed by atoms with Gasteiger partial charge >= 0.3 is 5.92 Å². The lowest BCUT2D eigenvalue weighted by molar-refractivity contribution is -0.117. The fourth-order valence-electron chi connectivity index (χ4n) is 2.65. The second-order valence-corrected chi connectivity index (χ2v) is 6.14. The van der Waals surface area contributed by atoms with Gasteiger partial charge in [-0.3, -0.25) is 4.79 Å². The minimum atomic E-state index is -3.51. The zero-order valence-corrected chi connectivity index (χ0v) is 14.6. The highest BCUT2D eigenvalue weighted by molar-refractivity contribution is 6.02. The van der Waals surface area contributed by atoms with Gasteiger partial charge in [0.15, 0.2) is 23.7 Å². The normalized spacial score (nSPS) is 21.3. The van der Waals surface area contributed by atoms with Crippen LogP contribution in [0.5, 0.6) is 0 Å². The number of oxazole rings is 1. The molecule has 0 radical (unpaired) electrons. The Balaban J connectivity index is 1.95. The van der Waals surface area contributed by atoms with Crippen molar-refractivity contribution in [1.29, 1.82) is 0 Å². The second-order valence-electron chi connectivity index (χ2n) is 6.14. The van der Waals surface area contributed by atoms with Crippen molar-refractivity contribution in [3.63, 3.8) is 0 Å². The molecule has 2 heterocycles. The smallest absolute Gasteiger partial charge is 0.310 e. The number of nitrogens with one attached hydrogen (secondary N) is 1. The summed E-state index contributed by atoms with van der Waals surface area (Å²) in [6, 6.07) is 2.83. The topological polar surface area (TPSA) is 103 Å². The summed E-state index contributed by atoms with van der Waals surface area (Å²) < 4.78 is 52.9. The van der Waals surface area contributed by atoms with Gasteiger partial charge in [0.1, 0.15) is 12.1 Å². The SMILES string of the molecule is CCc1nc(C(=O)Nc2ccc(F)c(C3(C)N=C(N)OCC3(F)F)c2)co1. The Labute approximate surface area is 152 Å². The summed E-state index contributed by atoms with van der Waals surface area (Å²) in [5.41, 5.74) is 2.81. The number of amidine groups is 1. The van der Waals surface area contributed by atoms with Crippen molar-refractivity contribution >= 4 is 17.6 Å². The van der Waals surface area contributed by atoms with Crippen LogP contribution >= 0.6 is 0 Å². The van der Waals surface area contributed by atoms with Gasteiger partial charge in [-0.25, -0.2) is 14.4 Å². The molecule has 7 nitrogen and oxygen atoms in total. The molecule has 1 amide bonds. The van der Waals surface area contributed by atoms with Gasteiger partial charge in [-0.1, -0.05) is 6.92 Å². The highest BCUT2D eigenvalue weighted by atomic mass is 19.3. The van der Waals surface area contributed by atoms with Crippen molar-refractivity contribution in [3.05, 3.63) is 47.4 Å². The van der Waals surface area contributed by atoms with Crippen molar-refractivity contribution < 1.29 is 27.1 Å². The zero-order chi connectivity index (χ0) is 19.8. The molecule has 0 spiro atoms. The third-order valence-electron chi connectivity index (χ3n) is 4.28. The van der Waals surface area contributed by atoms with Crippen LogP contribution < -0.4 is 11.1 Å². The zero-order valence-electron chi connectivity index (χ0n) is 14.6. The van der Waals surface area contributed by atoms with Gasteiger partial charge in [0, 0.05) is 17.7 Å². The lowest BCUT2D eigenvalue weighted by Gasteiger charge is -2.37. The van der Waals surface area contributed by atoms with Crippen molar-refractivity contribution in [2.24, 2.45) is 10.7 Å². The van der Waals surface area contributed by atoms with E-state index in [4.69, 9.17) is 10.2 Å². The Morgan fingerprint density at radius 2 is 2.15 bits per heavy atom. The van der Waals surface area contributed by atoms with E-state index in [0.717, 1.165) is 19.1 Å². The number of aryl methyl sites for hydroxylation is 1. The molecule has 1 atom stereocenters. The molecule has 0 saturated carbocycles. The van der Waals surface area contributed by atoms with Crippen molar-refractivity contribution in [2.75, 3.05) is 11.9 Å². The molecular weight excluding hydrogens is 365 g/mol. The molecule has 0 fully saturated rings. The number of carbonyl (C=O) groups excluding carboxylic acids is 1. The summed E-state index contributed by atoms with van der Waals surface area (Å²) in [6.45, 7) is 1.83. The highest BCUT2D eigenvalue weighted by Crippen LogP contribution is 2.44. The number of carbonyl (C=O) groups is 1. The number of nitrogens with zero attached hydrogens (tertiary/aromatic N) is 2. The molecule has 1 aromatic heterocycles. The number of aromatic nitrogens is 1. The number of hydrogen-bond acceptors (Lipinski definition) is 6. The predicted molar refractivity (Wildman–Crippen MR) is 90.1 cm³/mol. The summed E-state index contributed by atoms with van der Waals surface area (Å²) in [7, 11) is 0. The number of ether oxygens (including phenoxy) is 1. The Kier molecular flexibility index (Phi) is 4.58. The van der Waals surface area contributed by atoms with Crippen LogP contribution in [-0.2, 0) is 16.7 Å². The number of benzene rings is 1. The first-order valence-electron chi connectivity index (χ1n) is 8.08. The second kappa shape index (κ2) is 6.60.